The number of aromatic nitrogens is 2. The van der Waals surface area contributed by atoms with Crippen molar-refractivity contribution in [2.45, 2.75) is 117 Å². The van der Waals surface area contributed by atoms with E-state index in [0.29, 0.717) is 66.9 Å². The number of pyridine rings is 2. The Bertz CT molecular complexity index is 2560. The van der Waals surface area contributed by atoms with Gasteiger partial charge in [0.25, 0.3) is 0 Å². The van der Waals surface area contributed by atoms with E-state index in [1.54, 1.807) is 24.3 Å². The lowest BCUT2D eigenvalue weighted by Gasteiger charge is -2.19. The average Bonchev–Trinajstić information content (AvgIpc) is 4.00. The van der Waals surface area contributed by atoms with Crippen LogP contribution >= 0.6 is 15.9 Å². The fraction of sp³-hybridized carbons (Fsp3) is 0.451. The molecule has 2 N–H and O–H groups in total. The average molecular weight is 936 g/mol. The number of carbonyl (C=O) groups is 6. The summed E-state index contributed by atoms with van der Waals surface area (Å²) in [4.78, 5) is 83.1. The topological polar surface area (TPSA) is 171 Å². The van der Waals surface area contributed by atoms with Gasteiger partial charge in [-0.25, -0.2) is 9.97 Å². The lowest BCUT2D eigenvalue weighted by molar-refractivity contribution is -0.130. The third-order valence-corrected chi connectivity index (χ3v) is 13.8. The number of amides is 2. The minimum Gasteiger partial charge on any atom is -0.490 e. The number of fused-ring (bicyclic) bond motifs is 2. The second-order valence-electron chi connectivity index (χ2n) is 17.8. The monoisotopic (exact) mass is 934 g/mol. The van der Waals surface area contributed by atoms with Gasteiger partial charge in [-0.05, 0) is 114 Å². The maximum atomic E-state index is 12.9. The number of ether oxygens (including phenoxy) is 2. The van der Waals surface area contributed by atoms with Crippen LogP contribution < -0.4 is 20.1 Å². The molecule has 0 saturated heterocycles. The van der Waals surface area contributed by atoms with Gasteiger partial charge in [0.15, 0.2) is 23.1 Å². The summed E-state index contributed by atoms with van der Waals surface area (Å²) in [5, 5.41) is 7.85. The molecule has 4 aromatic rings. The number of ketones is 4. The van der Waals surface area contributed by atoms with Crippen molar-refractivity contribution in [1.82, 2.24) is 20.6 Å². The molecule has 4 fully saturated rings. The van der Waals surface area contributed by atoms with Crippen LogP contribution in [0.4, 0.5) is 0 Å². The van der Waals surface area contributed by atoms with Crippen LogP contribution in [0.2, 0.25) is 0 Å². The quantitative estimate of drug-likeness (QED) is 0.0667. The van der Waals surface area contributed by atoms with Crippen molar-refractivity contribution in [3.8, 4) is 11.5 Å². The van der Waals surface area contributed by atoms with Crippen molar-refractivity contribution >= 4 is 72.7 Å². The molecule has 338 valence electrons. The third-order valence-electron chi connectivity index (χ3n) is 13.3. The first-order valence-electron chi connectivity index (χ1n) is 21.7. The Morgan fingerprint density at radius 2 is 1.11 bits per heavy atom. The number of nitrogens with zero attached hydrogens (tertiary/aromatic N) is 2. The predicted octanol–water partition coefficient (Wildman–Crippen LogP) is 8.90. The van der Waals surface area contributed by atoms with E-state index >= 15 is 0 Å². The van der Waals surface area contributed by atoms with Crippen molar-refractivity contribution in [3.05, 3.63) is 96.4 Å². The summed E-state index contributed by atoms with van der Waals surface area (Å²) < 4.78 is 12.6. The molecule has 4 saturated carbocycles. The molecule has 2 aromatic carbocycles. The Balaban J connectivity index is 0.000000209. The standard InChI is InChI=1S/C25H27BrN2O4.C25H28N2O4.CH4/c1-4-17-12-25(17,15(3)29)28-24(31)16-6-7-18(10-16)32-23-11-21(22(30)13-26)27-20-9-14(2)5-8-19(20)23;1-5-18-13-25(18,16(4)29)27-24(30)17-7-8-19(11-17)31-23-12-21(15(3)28)26-22-10-14(2)6-9-20(22)23;/h4-5,8-9,11,16-18H,1,6-7,10,12-13H2,2-3H3,(H,28,31);5-6,9-10,12,17-19H,1,7-8,11,13H2,2-4H3,(H,27,30);1H4/t16-,17-,18-,25-;17-,18-,19-,25-;/m00./s1. The van der Waals surface area contributed by atoms with Gasteiger partial charge >= 0.3 is 0 Å². The predicted molar refractivity (Wildman–Crippen MR) is 251 cm³/mol. The minimum atomic E-state index is -0.776. The second kappa shape index (κ2) is 19.3. The van der Waals surface area contributed by atoms with E-state index in [2.05, 4.69) is 49.7 Å². The van der Waals surface area contributed by atoms with Crippen LogP contribution in [0.1, 0.15) is 112 Å². The number of hydrogen-bond acceptors (Lipinski definition) is 10. The Morgan fingerprint density at radius 1 is 0.688 bits per heavy atom. The molecule has 2 aromatic heterocycles. The van der Waals surface area contributed by atoms with Crippen molar-refractivity contribution in [1.29, 1.82) is 0 Å². The Labute approximate surface area is 383 Å². The number of aryl methyl sites for hydroxylation is 2. The lowest BCUT2D eigenvalue weighted by Crippen LogP contribution is -2.46. The molecule has 4 aliphatic carbocycles. The molecule has 0 spiro atoms. The Morgan fingerprint density at radius 3 is 1.48 bits per heavy atom. The van der Waals surface area contributed by atoms with E-state index in [0.717, 1.165) is 40.3 Å². The van der Waals surface area contributed by atoms with Crippen molar-refractivity contribution < 1.29 is 38.2 Å². The van der Waals surface area contributed by atoms with Crippen LogP contribution in [0.25, 0.3) is 21.8 Å². The smallest absolute Gasteiger partial charge is 0.224 e. The van der Waals surface area contributed by atoms with Crippen LogP contribution in [0.3, 0.4) is 0 Å². The van der Waals surface area contributed by atoms with Gasteiger partial charge in [0.1, 0.15) is 34.0 Å². The fourth-order valence-electron chi connectivity index (χ4n) is 9.19. The summed E-state index contributed by atoms with van der Waals surface area (Å²) in [6.07, 6.45) is 8.45. The van der Waals surface area contributed by atoms with E-state index in [1.165, 1.54) is 20.8 Å². The molecule has 0 bridgehead atoms. The van der Waals surface area contributed by atoms with Crippen molar-refractivity contribution in [2.75, 3.05) is 5.33 Å². The molecule has 2 heterocycles. The summed E-state index contributed by atoms with van der Waals surface area (Å²) in [6, 6.07) is 15.1. The number of rotatable bonds is 15. The van der Waals surface area contributed by atoms with Gasteiger partial charge in [0.05, 0.1) is 28.6 Å². The Hall–Kier alpha value is -5.56. The zero-order valence-electron chi connectivity index (χ0n) is 36.6. The number of halogens is 1. The second-order valence-corrected chi connectivity index (χ2v) is 18.4. The molecule has 0 unspecified atom stereocenters. The van der Waals surface area contributed by atoms with E-state index in [-0.39, 0.29) is 83.6 Å². The van der Waals surface area contributed by atoms with E-state index in [1.807, 2.05) is 50.2 Å². The number of Topliss-reactive ketones (excluding diaryl/α,β-unsaturated/α-hetero) is 4. The summed E-state index contributed by atoms with van der Waals surface area (Å²) in [5.74, 6) is 0.382. The van der Waals surface area contributed by atoms with E-state index in [4.69, 9.17) is 9.47 Å². The molecular formula is C51H59BrN4O8. The highest BCUT2D eigenvalue weighted by Gasteiger charge is 2.59. The van der Waals surface area contributed by atoms with Crippen molar-refractivity contribution in [3.63, 3.8) is 0 Å². The Kier molecular flexibility index (Phi) is 14.4. The number of carbonyl (C=O) groups excluding carboxylic acids is 6. The zero-order valence-corrected chi connectivity index (χ0v) is 38.1. The summed E-state index contributed by atoms with van der Waals surface area (Å²) >= 11 is 3.21. The first kappa shape index (κ1) is 47.9. The fourth-order valence-corrected chi connectivity index (χ4v) is 9.48. The zero-order chi connectivity index (χ0) is 45.4. The van der Waals surface area contributed by atoms with Crippen LogP contribution in [0.15, 0.2) is 73.8 Å². The molecule has 13 heteroatoms. The molecule has 0 aliphatic heterocycles. The molecular weight excluding hydrogens is 876 g/mol. The van der Waals surface area contributed by atoms with Gasteiger partial charge in [-0.1, -0.05) is 47.6 Å². The maximum absolute atomic E-state index is 12.9. The van der Waals surface area contributed by atoms with Crippen molar-refractivity contribution in [2.24, 2.45) is 23.7 Å². The third kappa shape index (κ3) is 9.89. The van der Waals surface area contributed by atoms with Crippen LogP contribution in [-0.4, -0.2) is 73.5 Å². The summed E-state index contributed by atoms with van der Waals surface area (Å²) in [7, 11) is 0. The number of nitrogens with one attached hydrogen (secondary N) is 2. The summed E-state index contributed by atoms with van der Waals surface area (Å²) in [5.41, 5.74) is 2.72. The van der Waals surface area contributed by atoms with E-state index < -0.39 is 11.1 Å². The number of hydrogen-bond donors (Lipinski definition) is 2. The van der Waals surface area contributed by atoms with Crippen LogP contribution in [0, 0.1) is 37.5 Å². The largest absolute Gasteiger partial charge is 0.490 e. The van der Waals surface area contributed by atoms with Gasteiger partial charge in [0, 0.05) is 53.5 Å². The maximum Gasteiger partial charge on any atom is 0.224 e. The molecule has 2 amide bonds. The van der Waals surface area contributed by atoms with Gasteiger partial charge in [-0.15, -0.1) is 13.2 Å². The number of benzene rings is 2. The lowest BCUT2D eigenvalue weighted by atomic mass is 10.0. The van der Waals surface area contributed by atoms with Gasteiger partial charge in [-0.2, -0.15) is 0 Å². The minimum absolute atomic E-state index is 0. The first-order chi connectivity index (χ1) is 30.0. The molecule has 4 aliphatic rings. The highest BCUT2D eigenvalue weighted by molar-refractivity contribution is 9.09. The van der Waals surface area contributed by atoms with Gasteiger partial charge in [0.2, 0.25) is 11.8 Å². The molecule has 0 radical (unpaired) electrons. The van der Waals surface area contributed by atoms with E-state index in [9.17, 15) is 28.8 Å². The SMILES string of the molecule is C.C=C[C@H]1C[C@]1(NC(=O)[C@H]1CC[C@H](Oc2cc(C(=O)CBr)nc3cc(C)ccc23)C1)C(C)=O.C=C[C@H]1C[C@]1(NC(=O)[C@H]1CC[C@H](Oc2cc(C(C)=O)nc3cc(C)ccc23)C1)C(C)=O. The van der Waals surface area contributed by atoms with Crippen LogP contribution in [0.5, 0.6) is 11.5 Å². The highest BCUT2D eigenvalue weighted by atomic mass is 79.9. The highest BCUT2D eigenvalue weighted by Crippen LogP contribution is 2.47. The summed E-state index contributed by atoms with van der Waals surface area (Å²) in [6.45, 7) is 16.0. The molecule has 8 rings (SSSR count). The van der Waals surface area contributed by atoms with Gasteiger partial charge < -0.3 is 20.1 Å². The first-order valence-corrected chi connectivity index (χ1v) is 22.8. The molecule has 12 nitrogen and oxygen atoms in total. The number of alkyl halides is 1. The molecule has 8 atom stereocenters. The molecule has 64 heavy (non-hydrogen) atoms. The normalized spacial score (nSPS) is 26.3. The van der Waals surface area contributed by atoms with Gasteiger partial charge in [-0.3, -0.25) is 28.8 Å². The van der Waals surface area contributed by atoms with Crippen LogP contribution in [-0.2, 0) is 19.2 Å².